The van der Waals surface area contributed by atoms with Crippen molar-refractivity contribution in [3.63, 3.8) is 0 Å². The molecule has 3 heteroatoms. The highest BCUT2D eigenvalue weighted by molar-refractivity contribution is 8.00. The average molecular weight is 337 g/mol. The fraction of sp³-hybridized carbons (Fsp3) is 0.190. The van der Waals surface area contributed by atoms with E-state index in [0.29, 0.717) is 11.5 Å². The standard InChI is InChI=1S/C21H23NOS/c1-4-16-13-17(19-7-5-6-8-20(19)21(16)23)14-24(3,22)18-11-9-15(2)10-12-18/h5-13,22-23H,3-4,14H2,1-2H3. The third-order valence-corrected chi connectivity index (χ3v) is 6.41. The van der Waals surface area contributed by atoms with E-state index in [1.807, 2.05) is 61.5 Å². The first kappa shape index (κ1) is 16.6. The molecule has 0 aliphatic rings. The van der Waals surface area contributed by atoms with Gasteiger partial charge in [-0.1, -0.05) is 60.8 Å². The van der Waals surface area contributed by atoms with Gasteiger partial charge in [0.25, 0.3) is 0 Å². The van der Waals surface area contributed by atoms with Gasteiger partial charge in [0.15, 0.2) is 0 Å². The molecule has 0 spiro atoms. The summed E-state index contributed by atoms with van der Waals surface area (Å²) in [5, 5.41) is 12.4. The number of phenolic OH excluding ortho intramolecular Hbond substituents is 1. The fourth-order valence-corrected chi connectivity index (χ4v) is 4.63. The molecular formula is C21H23NOS. The highest BCUT2D eigenvalue weighted by atomic mass is 32.2. The second-order valence-corrected chi connectivity index (χ2v) is 8.81. The molecule has 2 N–H and O–H groups in total. The van der Waals surface area contributed by atoms with Gasteiger partial charge in [0.1, 0.15) is 5.75 Å². The molecule has 0 radical (unpaired) electrons. The molecule has 0 aliphatic heterocycles. The molecule has 0 saturated heterocycles. The molecule has 2 nitrogen and oxygen atoms in total. The van der Waals surface area contributed by atoms with Crippen molar-refractivity contribution in [2.75, 3.05) is 0 Å². The Morgan fingerprint density at radius 3 is 2.25 bits per heavy atom. The van der Waals surface area contributed by atoms with Crippen LogP contribution >= 0.6 is 0 Å². The Hall–Kier alpha value is -2.26. The molecule has 0 aromatic heterocycles. The molecular weight excluding hydrogens is 314 g/mol. The van der Waals surface area contributed by atoms with Gasteiger partial charge in [-0.25, -0.2) is 0 Å². The Morgan fingerprint density at radius 1 is 1.00 bits per heavy atom. The minimum atomic E-state index is -1.94. The van der Waals surface area contributed by atoms with E-state index in [1.165, 1.54) is 5.56 Å². The van der Waals surface area contributed by atoms with E-state index in [-0.39, 0.29) is 0 Å². The Kier molecular flexibility index (Phi) is 4.37. The number of hydrogen-bond donors (Lipinski definition) is 2. The van der Waals surface area contributed by atoms with Crippen LogP contribution in [0.2, 0.25) is 0 Å². The van der Waals surface area contributed by atoms with Crippen LogP contribution in [-0.4, -0.2) is 11.0 Å². The zero-order valence-electron chi connectivity index (χ0n) is 14.2. The van der Waals surface area contributed by atoms with Gasteiger partial charge in [0.05, 0.1) is 0 Å². The van der Waals surface area contributed by atoms with Crippen molar-refractivity contribution in [2.45, 2.75) is 30.9 Å². The Bertz CT molecular complexity index is 986. The molecule has 1 atom stereocenters. The van der Waals surface area contributed by atoms with Crippen molar-refractivity contribution < 1.29 is 5.11 Å². The molecule has 3 aromatic rings. The largest absolute Gasteiger partial charge is 0.507 e. The van der Waals surface area contributed by atoms with Crippen molar-refractivity contribution in [3.05, 3.63) is 71.3 Å². The van der Waals surface area contributed by atoms with E-state index in [4.69, 9.17) is 4.78 Å². The summed E-state index contributed by atoms with van der Waals surface area (Å²) in [4.78, 5) is 0.989. The van der Waals surface area contributed by atoms with Crippen molar-refractivity contribution in [1.82, 2.24) is 0 Å². The summed E-state index contributed by atoms with van der Waals surface area (Å²) in [6.45, 7) is 4.09. The van der Waals surface area contributed by atoms with Crippen LogP contribution in [0.3, 0.4) is 0 Å². The molecule has 0 heterocycles. The van der Waals surface area contributed by atoms with Gasteiger partial charge in [0, 0.05) is 16.0 Å². The van der Waals surface area contributed by atoms with Crippen LogP contribution in [0.4, 0.5) is 0 Å². The van der Waals surface area contributed by atoms with E-state index in [9.17, 15) is 5.11 Å². The molecule has 1 unspecified atom stereocenters. The summed E-state index contributed by atoms with van der Waals surface area (Å²) < 4.78 is 8.84. The molecule has 3 rings (SSSR count). The summed E-state index contributed by atoms with van der Waals surface area (Å²) in [6, 6.07) is 18.1. The quantitative estimate of drug-likeness (QED) is 0.621. The van der Waals surface area contributed by atoms with E-state index < -0.39 is 9.41 Å². The third-order valence-electron chi connectivity index (χ3n) is 4.44. The third kappa shape index (κ3) is 3.04. The van der Waals surface area contributed by atoms with Crippen molar-refractivity contribution >= 4 is 26.1 Å². The van der Waals surface area contributed by atoms with Crippen molar-refractivity contribution in [1.29, 1.82) is 4.78 Å². The van der Waals surface area contributed by atoms with Gasteiger partial charge in [-0.15, -0.1) is 9.41 Å². The number of rotatable bonds is 4. The molecule has 24 heavy (non-hydrogen) atoms. The number of fused-ring (bicyclic) bond motifs is 1. The van der Waals surface area contributed by atoms with Crippen LogP contribution in [-0.2, 0) is 21.6 Å². The highest BCUT2D eigenvalue weighted by Crippen LogP contribution is 2.33. The normalized spacial score (nSPS) is 13.8. The van der Waals surface area contributed by atoms with Crippen molar-refractivity contribution in [3.8, 4) is 5.75 Å². The monoisotopic (exact) mass is 337 g/mol. The topological polar surface area (TPSA) is 44.1 Å². The molecule has 0 aliphatic carbocycles. The van der Waals surface area contributed by atoms with Crippen LogP contribution in [0, 0.1) is 11.7 Å². The van der Waals surface area contributed by atoms with Crippen LogP contribution in [0.25, 0.3) is 10.8 Å². The minimum Gasteiger partial charge on any atom is -0.507 e. The smallest absolute Gasteiger partial charge is 0.126 e. The second kappa shape index (κ2) is 6.33. The first-order valence-corrected chi connectivity index (χ1v) is 10.1. The van der Waals surface area contributed by atoms with Crippen LogP contribution in [0.15, 0.2) is 59.5 Å². The van der Waals surface area contributed by atoms with Gasteiger partial charge in [-0.2, -0.15) is 0 Å². The lowest BCUT2D eigenvalue weighted by molar-refractivity contribution is 0.475. The fourth-order valence-electron chi connectivity index (χ4n) is 3.04. The van der Waals surface area contributed by atoms with Gasteiger partial charge in [0.2, 0.25) is 0 Å². The molecule has 0 fully saturated rings. The zero-order chi connectivity index (χ0) is 17.3. The molecule has 0 amide bonds. The summed E-state index contributed by atoms with van der Waals surface area (Å²) in [6.07, 6.45) is 0.770. The Labute approximate surface area is 144 Å². The SMILES string of the molecule is C=S(=N)(Cc1cc(CC)c(O)c2ccccc12)c1ccc(C)cc1. The van der Waals surface area contributed by atoms with Gasteiger partial charge in [-0.05, 0) is 42.0 Å². The zero-order valence-corrected chi connectivity index (χ0v) is 15.0. The van der Waals surface area contributed by atoms with Gasteiger partial charge >= 0.3 is 0 Å². The predicted molar refractivity (Wildman–Crippen MR) is 105 cm³/mol. The predicted octanol–water partition coefficient (Wildman–Crippen LogP) is 5.32. The van der Waals surface area contributed by atoms with E-state index >= 15 is 0 Å². The van der Waals surface area contributed by atoms with Crippen LogP contribution < -0.4 is 0 Å². The first-order valence-electron chi connectivity index (χ1n) is 8.10. The van der Waals surface area contributed by atoms with E-state index in [0.717, 1.165) is 33.2 Å². The molecule has 3 aromatic carbocycles. The van der Waals surface area contributed by atoms with Crippen LogP contribution in [0.1, 0.15) is 23.6 Å². The summed E-state index contributed by atoms with van der Waals surface area (Å²) in [7, 11) is -1.94. The maximum absolute atomic E-state index is 10.5. The maximum atomic E-state index is 10.5. The lowest BCUT2D eigenvalue weighted by Gasteiger charge is -2.17. The van der Waals surface area contributed by atoms with E-state index in [2.05, 4.69) is 12.8 Å². The number of aromatic hydroxyl groups is 1. The Balaban J connectivity index is 2.13. The van der Waals surface area contributed by atoms with Gasteiger partial charge < -0.3 is 5.11 Å². The second-order valence-electron chi connectivity index (χ2n) is 6.28. The minimum absolute atomic E-state index is 0.363. The number of phenols is 1. The van der Waals surface area contributed by atoms with Gasteiger partial charge in [-0.3, -0.25) is 4.78 Å². The maximum Gasteiger partial charge on any atom is 0.126 e. The summed E-state index contributed by atoms with van der Waals surface area (Å²) >= 11 is 0. The van der Waals surface area contributed by atoms with E-state index in [1.54, 1.807) is 0 Å². The number of hydrogen-bond acceptors (Lipinski definition) is 2. The number of aryl methyl sites for hydroxylation is 2. The van der Waals surface area contributed by atoms with Crippen molar-refractivity contribution in [2.24, 2.45) is 0 Å². The molecule has 0 saturated carbocycles. The first-order chi connectivity index (χ1) is 11.4. The Morgan fingerprint density at radius 2 is 1.62 bits per heavy atom. The lowest BCUT2D eigenvalue weighted by Crippen LogP contribution is -2.04. The summed E-state index contributed by atoms with van der Waals surface area (Å²) in [5.41, 5.74) is 3.22. The average Bonchev–Trinajstić information content (AvgIpc) is 2.58. The highest BCUT2D eigenvalue weighted by Gasteiger charge is 2.13. The number of benzene rings is 3. The molecule has 0 bridgehead atoms. The lowest BCUT2D eigenvalue weighted by atomic mass is 9.99. The molecule has 124 valence electrons. The summed E-state index contributed by atoms with van der Waals surface area (Å²) in [5.74, 6) is 5.19. The number of nitrogens with one attached hydrogen (secondary N) is 1. The van der Waals surface area contributed by atoms with Crippen LogP contribution in [0.5, 0.6) is 5.75 Å².